The molecule has 0 aliphatic heterocycles. The van der Waals surface area contributed by atoms with Crippen LogP contribution in [0.1, 0.15) is 41.0 Å². The molecular weight excluding hydrogens is 256 g/mol. The molecule has 0 aromatic heterocycles. The monoisotopic (exact) mass is 284 g/mol. The Balaban J connectivity index is 3.73. The predicted molar refractivity (Wildman–Crippen MR) is 80.3 cm³/mol. The van der Waals surface area contributed by atoms with E-state index < -0.39 is 0 Å². The molecule has 0 aromatic rings. The van der Waals surface area contributed by atoms with Crippen LogP contribution in [-0.2, 0) is 14.3 Å². The second-order valence-corrected chi connectivity index (χ2v) is 6.21. The third-order valence-electron chi connectivity index (χ3n) is 2.34. The second-order valence-electron chi connectivity index (χ2n) is 6.21. The Morgan fingerprint density at radius 3 is 2.20 bits per heavy atom. The number of rotatable bonds is 8. The van der Waals surface area contributed by atoms with Gasteiger partial charge in [0.1, 0.15) is 6.61 Å². The first-order valence-electron chi connectivity index (χ1n) is 6.98. The molecule has 2 N–H and O–H groups in total. The van der Waals surface area contributed by atoms with Gasteiger partial charge in [-0.25, -0.2) is 0 Å². The van der Waals surface area contributed by atoms with E-state index in [1.54, 1.807) is 0 Å². The van der Waals surface area contributed by atoms with Gasteiger partial charge >= 0.3 is 0 Å². The summed E-state index contributed by atoms with van der Waals surface area (Å²) in [6.45, 7) is 14.3. The lowest BCUT2D eigenvalue weighted by Gasteiger charge is -2.19. The minimum atomic E-state index is -0.333. The molecule has 5 nitrogen and oxygen atoms in total. The van der Waals surface area contributed by atoms with E-state index in [1.807, 2.05) is 34.6 Å². The summed E-state index contributed by atoms with van der Waals surface area (Å²) in [6.07, 6.45) is 0.678. The molecule has 116 valence electrons. The molecule has 0 saturated carbocycles. The summed E-state index contributed by atoms with van der Waals surface area (Å²) in [5.41, 5.74) is 0.238. The van der Waals surface area contributed by atoms with Gasteiger partial charge < -0.3 is 15.4 Å². The van der Waals surface area contributed by atoms with E-state index in [4.69, 9.17) is 4.74 Å². The van der Waals surface area contributed by atoms with Crippen molar-refractivity contribution in [2.45, 2.75) is 46.6 Å². The highest BCUT2D eigenvalue weighted by Gasteiger charge is 2.12. The fraction of sp³-hybridized carbons (Fsp3) is 0.733. The molecule has 0 atom stereocenters. The largest absolute Gasteiger partial charge is 0.366 e. The summed E-state index contributed by atoms with van der Waals surface area (Å²) < 4.78 is 5.34. The molecule has 0 saturated heterocycles. The van der Waals surface area contributed by atoms with Crippen molar-refractivity contribution >= 4 is 11.8 Å². The average molecular weight is 284 g/mol. The molecule has 0 fully saturated rings. The number of nitrogens with one attached hydrogen (secondary N) is 2. The molecule has 0 radical (unpaired) electrons. The Hall–Kier alpha value is -1.36. The zero-order valence-electron chi connectivity index (χ0n) is 13.3. The molecule has 5 heteroatoms. The van der Waals surface area contributed by atoms with Gasteiger partial charge in [-0.3, -0.25) is 9.59 Å². The quantitative estimate of drug-likeness (QED) is 0.526. The molecule has 0 unspecified atom stereocenters. The summed E-state index contributed by atoms with van der Waals surface area (Å²) in [7, 11) is 0. The van der Waals surface area contributed by atoms with Crippen molar-refractivity contribution in [3.05, 3.63) is 12.2 Å². The first kappa shape index (κ1) is 18.6. The summed E-state index contributed by atoms with van der Waals surface area (Å²) in [6, 6.07) is 0. The van der Waals surface area contributed by atoms with Gasteiger partial charge in [0.05, 0.1) is 5.60 Å². The summed E-state index contributed by atoms with van der Waals surface area (Å²) >= 11 is 0. The minimum Gasteiger partial charge on any atom is -0.366 e. The molecule has 0 heterocycles. The van der Waals surface area contributed by atoms with Crippen molar-refractivity contribution in [1.82, 2.24) is 10.6 Å². The fourth-order valence-corrected chi connectivity index (χ4v) is 1.42. The van der Waals surface area contributed by atoms with E-state index in [9.17, 15) is 9.59 Å². The molecule has 0 aromatic carbocycles. The van der Waals surface area contributed by atoms with E-state index in [-0.39, 0.29) is 24.0 Å². The molecule has 2 amide bonds. The lowest BCUT2D eigenvalue weighted by atomic mass is 10.0. The Kier molecular flexibility index (Phi) is 8.15. The normalized spacial score (nSPS) is 11.3. The summed E-state index contributed by atoms with van der Waals surface area (Å²) in [5, 5.41) is 5.40. The first-order chi connectivity index (χ1) is 9.11. The average Bonchev–Trinajstić information content (AvgIpc) is 2.30. The van der Waals surface area contributed by atoms with E-state index in [1.165, 1.54) is 0 Å². The zero-order chi connectivity index (χ0) is 15.8. The SMILES string of the molecule is C=C(CC(C)C)C(=O)NCCNC(=O)COC(C)(C)C. The van der Waals surface area contributed by atoms with Crippen LogP contribution in [0.25, 0.3) is 0 Å². The Labute approximate surface area is 122 Å². The molecule has 0 spiro atoms. The summed E-state index contributed by atoms with van der Waals surface area (Å²) in [5.74, 6) is 0.0663. The smallest absolute Gasteiger partial charge is 0.246 e. The molecule has 0 rings (SSSR count). The molecule has 0 aliphatic carbocycles. The van der Waals surface area contributed by atoms with Gasteiger partial charge in [0, 0.05) is 18.7 Å². The van der Waals surface area contributed by atoms with Crippen molar-refractivity contribution in [2.24, 2.45) is 5.92 Å². The van der Waals surface area contributed by atoms with E-state index in [0.717, 1.165) is 0 Å². The van der Waals surface area contributed by atoms with Gasteiger partial charge in [-0.15, -0.1) is 0 Å². The number of ether oxygens (including phenoxy) is 1. The molecule has 0 bridgehead atoms. The van der Waals surface area contributed by atoms with Crippen LogP contribution < -0.4 is 10.6 Å². The standard InChI is InChI=1S/C15H28N2O3/c1-11(2)9-12(3)14(19)17-8-7-16-13(18)10-20-15(4,5)6/h11H,3,7-10H2,1-2,4-6H3,(H,16,18)(H,17,19). The van der Waals surface area contributed by atoms with Crippen LogP contribution in [0.15, 0.2) is 12.2 Å². The number of hydrogen-bond donors (Lipinski definition) is 2. The summed E-state index contributed by atoms with van der Waals surface area (Å²) in [4.78, 5) is 23.1. The van der Waals surface area contributed by atoms with E-state index >= 15 is 0 Å². The Bertz CT molecular complexity index is 344. The van der Waals surface area contributed by atoms with Crippen molar-refractivity contribution < 1.29 is 14.3 Å². The van der Waals surface area contributed by atoms with E-state index in [2.05, 4.69) is 17.2 Å². The van der Waals surface area contributed by atoms with Crippen LogP contribution in [0.2, 0.25) is 0 Å². The maximum absolute atomic E-state index is 11.6. The predicted octanol–water partition coefficient (Wildman–Crippen LogP) is 1.64. The van der Waals surface area contributed by atoms with Crippen molar-refractivity contribution in [1.29, 1.82) is 0 Å². The van der Waals surface area contributed by atoms with Crippen LogP contribution in [0, 0.1) is 5.92 Å². The van der Waals surface area contributed by atoms with Crippen LogP contribution >= 0.6 is 0 Å². The third kappa shape index (κ3) is 10.6. The van der Waals surface area contributed by atoms with Crippen molar-refractivity contribution in [3.63, 3.8) is 0 Å². The van der Waals surface area contributed by atoms with Gasteiger partial charge in [-0.05, 0) is 33.1 Å². The number of carbonyl (C=O) groups is 2. The zero-order valence-corrected chi connectivity index (χ0v) is 13.3. The lowest BCUT2D eigenvalue weighted by Crippen LogP contribution is -2.38. The highest BCUT2D eigenvalue weighted by molar-refractivity contribution is 5.92. The number of carbonyl (C=O) groups excluding carboxylic acids is 2. The first-order valence-corrected chi connectivity index (χ1v) is 6.98. The maximum atomic E-state index is 11.6. The van der Waals surface area contributed by atoms with Gasteiger partial charge in [-0.2, -0.15) is 0 Å². The molecule has 20 heavy (non-hydrogen) atoms. The van der Waals surface area contributed by atoms with Crippen LogP contribution in [0.4, 0.5) is 0 Å². The van der Waals surface area contributed by atoms with Gasteiger partial charge in [0.2, 0.25) is 11.8 Å². The van der Waals surface area contributed by atoms with Gasteiger partial charge in [0.25, 0.3) is 0 Å². The lowest BCUT2D eigenvalue weighted by molar-refractivity contribution is -0.130. The van der Waals surface area contributed by atoms with Crippen LogP contribution in [-0.4, -0.2) is 37.1 Å². The second kappa shape index (κ2) is 8.74. The molecule has 0 aliphatic rings. The number of amides is 2. The van der Waals surface area contributed by atoms with E-state index in [0.29, 0.717) is 31.0 Å². The van der Waals surface area contributed by atoms with Crippen molar-refractivity contribution in [3.8, 4) is 0 Å². The van der Waals surface area contributed by atoms with Gasteiger partial charge in [-0.1, -0.05) is 20.4 Å². The fourth-order valence-electron chi connectivity index (χ4n) is 1.42. The van der Waals surface area contributed by atoms with Gasteiger partial charge in [0.15, 0.2) is 0 Å². The van der Waals surface area contributed by atoms with Crippen LogP contribution in [0.5, 0.6) is 0 Å². The van der Waals surface area contributed by atoms with Crippen molar-refractivity contribution in [2.75, 3.05) is 19.7 Å². The minimum absolute atomic E-state index is 0.0253. The molecular formula is C15H28N2O3. The Morgan fingerprint density at radius 1 is 1.15 bits per heavy atom. The Morgan fingerprint density at radius 2 is 1.70 bits per heavy atom. The third-order valence-corrected chi connectivity index (χ3v) is 2.34. The highest BCUT2D eigenvalue weighted by atomic mass is 16.5. The van der Waals surface area contributed by atoms with Crippen LogP contribution in [0.3, 0.4) is 0 Å². The number of hydrogen-bond acceptors (Lipinski definition) is 3. The topological polar surface area (TPSA) is 67.4 Å². The maximum Gasteiger partial charge on any atom is 0.246 e. The highest BCUT2D eigenvalue weighted by Crippen LogP contribution is 2.08.